The van der Waals surface area contributed by atoms with Gasteiger partial charge in [0, 0.05) is 54.2 Å². The number of furan rings is 1. The van der Waals surface area contributed by atoms with Crippen molar-refractivity contribution in [3.05, 3.63) is 66.8 Å². The van der Waals surface area contributed by atoms with Crippen molar-refractivity contribution in [2.75, 3.05) is 0 Å². The molecule has 0 unspecified atom stereocenters. The standard InChI is InChI=1S/C15H28O2.C13H8NO2.Ir/c1-7-14(5,8-2)12(16)11-13(17)15(6,9-3)10-4;1-2-4-11(5-3-1)16-13-8-10-6-7-15-12(10)9-14-13;/h11,16H,7-10H2,1-6H3;1-4,6-9H;/q;-1;/b12-11-;;. The minimum atomic E-state index is -0.337. The second-order valence-electron chi connectivity index (χ2n) is 8.74. The van der Waals surface area contributed by atoms with E-state index in [1.54, 1.807) is 18.5 Å². The number of aliphatic hydroxyl groups is 1. The van der Waals surface area contributed by atoms with Crippen LogP contribution < -0.4 is 4.74 Å². The summed E-state index contributed by atoms with van der Waals surface area (Å²) in [6.07, 6.45) is 8.03. The third kappa shape index (κ3) is 7.54. The average Bonchev–Trinajstić information content (AvgIpc) is 3.32. The number of benzene rings is 1. The normalized spacial score (nSPS) is 11.9. The van der Waals surface area contributed by atoms with Crippen LogP contribution in [0.15, 0.2) is 65.1 Å². The molecule has 0 saturated carbocycles. The molecule has 0 aliphatic rings. The number of allylic oxidation sites excluding steroid dienone is 2. The first kappa shape index (κ1) is 29.6. The van der Waals surface area contributed by atoms with Crippen molar-refractivity contribution in [1.29, 1.82) is 0 Å². The number of hydrogen-bond acceptors (Lipinski definition) is 5. The van der Waals surface area contributed by atoms with Gasteiger partial charge < -0.3 is 14.3 Å². The Morgan fingerprint density at radius 1 is 1.09 bits per heavy atom. The predicted octanol–water partition coefficient (Wildman–Crippen LogP) is 8.07. The van der Waals surface area contributed by atoms with Gasteiger partial charge in [-0.05, 0) is 31.7 Å². The van der Waals surface area contributed by atoms with E-state index in [2.05, 4.69) is 11.1 Å². The van der Waals surface area contributed by atoms with Gasteiger partial charge in [-0.2, -0.15) is 18.2 Å². The monoisotopic (exact) mass is 643 g/mol. The molecule has 0 fully saturated rings. The molecule has 1 aromatic carbocycles. The van der Waals surface area contributed by atoms with Gasteiger partial charge >= 0.3 is 0 Å². The largest absolute Gasteiger partial charge is 0.512 e. The maximum absolute atomic E-state index is 12.2. The van der Waals surface area contributed by atoms with Gasteiger partial charge in [0.1, 0.15) is 5.76 Å². The zero-order valence-electron chi connectivity index (χ0n) is 21.0. The molecule has 0 aliphatic carbocycles. The fourth-order valence-electron chi connectivity index (χ4n) is 3.14. The van der Waals surface area contributed by atoms with Gasteiger partial charge in [-0.1, -0.05) is 41.5 Å². The van der Waals surface area contributed by atoms with Crippen LogP contribution in [0.2, 0.25) is 0 Å². The molecule has 1 N–H and O–H groups in total. The SMILES string of the molecule is CCC(C)(CC)C(=O)/C=C(\O)C(C)(CC)CC.[Ir].[c-]1ccccc1Oc1cc2ccoc2cn1. The number of carbonyl (C=O) groups is 1. The Kier molecular flexibility index (Phi) is 11.7. The van der Waals surface area contributed by atoms with E-state index < -0.39 is 0 Å². The average molecular weight is 643 g/mol. The molecular formula is C28H36IrNO4-. The smallest absolute Gasteiger partial charge is 0.217 e. The molecule has 0 aliphatic heterocycles. The van der Waals surface area contributed by atoms with E-state index in [0.29, 0.717) is 11.6 Å². The van der Waals surface area contributed by atoms with Gasteiger partial charge in [0.15, 0.2) is 11.4 Å². The number of pyridine rings is 1. The Bertz CT molecular complexity index is 1050. The van der Waals surface area contributed by atoms with Crippen molar-refractivity contribution in [2.24, 2.45) is 10.8 Å². The van der Waals surface area contributed by atoms with Crippen LogP contribution in [0.5, 0.6) is 11.6 Å². The summed E-state index contributed by atoms with van der Waals surface area (Å²) in [5.74, 6) is 1.47. The molecule has 2 aromatic heterocycles. The maximum atomic E-state index is 12.2. The molecule has 0 amide bonds. The van der Waals surface area contributed by atoms with Crippen molar-refractivity contribution in [1.82, 2.24) is 4.98 Å². The van der Waals surface area contributed by atoms with Crippen LogP contribution in [-0.2, 0) is 24.9 Å². The van der Waals surface area contributed by atoms with Crippen LogP contribution in [0.3, 0.4) is 0 Å². The minimum Gasteiger partial charge on any atom is -0.512 e. The summed E-state index contributed by atoms with van der Waals surface area (Å²) in [5.41, 5.74) is 0.151. The molecule has 2 heterocycles. The molecule has 3 aromatic rings. The minimum absolute atomic E-state index is 0. The Labute approximate surface area is 217 Å². The fraction of sp³-hybridized carbons (Fsp3) is 0.429. The molecule has 6 heteroatoms. The molecule has 3 rings (SSSR count). The summed E-state index contributed by atoms with van der Waals surface area (Å²) in [5, 5.41) is 11.1. The number of ether oxygens (including phenoxy) is 1. The molecule has 0 atom stereocenters. The number of carbonyl (C=O) groups excluding carboxylic acids is 1. The predicted molar refractivity (Wildman–Crippen MR) is 132 cm³/mol. The Hall–Kier alpha value is -2.43. The summed E-state index contributed by atoms with van der Waals surface area (Å²) in [4.78, 5) is 16.3. The summed E-state index contributed by atoms with van der Waals surface area (Å²) in [6.45, 7) is 12.1. The fourth-order valence-corrected chi connectivity index (χ4v) is 3.14. The van der Waals surface area contributed by atoms with Crippen molar-refractivity contribution in [3.63, 3.8) is 0 Å². The van der Waals surface area contributed by atoms with Gasteiger partial charge in [0.2, 0.25) is 5.88 Å². The van der Waals surface area contributed by atoms with Gasteiger partial charge in [-0.25, -0.2) is 4.98 Å². The van der Waals surface area contributed by atoms with E-state index in [0.717, 1.165) is 36.7 Å². The quantitative estimate of drug-likeness (QED) is 0.145. The van der Waals surface area contributed by atoms with E-state index >= 15 is 0 Å². The Morgan fingerprint density at radius 3 is 2.29 bits per heavy atom. The number of fused-ring (bicyclic) bond motifs is 1. The van der Waals surface area contributed by atoms with Gasteiger partial charge in [-0.3, -0.25) is 4.79 Å². The van der Waals surface area contributed by atoms with E-state index in [9.17, 15) is 9.90 Å². The first-order chi connectivity index (χ1) is 15.7. The van der Waals surface area contributed by atoms with E-state index in [-0.39, 0.29) is 42.5 Å². The summed E-state index contributed by atoms with van der Waals surface area (Å²) < 4.78 is 10.7. The number of rotatable bonds is 9. The number of aliphatic hydroxyl groups excluding tert-OH is 1. The van der Waals surface area contributed by atoms with Gasteiger partial charge in [0.25, 0.3) is 0 Å². The second kappa shape index (κ2) is 13.5. The van der Waals surface area contributed by atoms with Gasteiger partial charge in [0.05, 0.1) is 12.5 Å². The summed E-state index contributed by atoms with van der Waals surface area (Å²) in [6, 6.07) is 14.1. The van der Waals surface area contributed by atoms with Gasteiger partial charge in [-0.15, -0.1) is 12.1 Å². The van der Waals surface area contributed by atoms with E-state index in [4.69, 9.17) is 9.15 Å². The number of ketones is 1. The molecule has 34 heavy (non-hydrogen) atoms. The van der Waals surface area contributed by atoms with E-state index in [1.165, 1.54) is 6.08 Å². The first-order valence-corrected chi connectivity index (χ1v) is 11.6. The van der Waals surface area contributed by atoms with Crippen LogP contribution in [0.25, 0.3) is 11.0 Å². The molecule has 5 nitrogen and oxygen atoms in total. The Balaban J connectivity index is 0.000000330. The molecule has 0 bridgehead atoms. The molecule has 187 valence electrons. The van der Waals surface area contributed by atoms with Crippen LogP contribution in [0.1, 0.15) is 67.2 Å². The Morgan fingerprint density at radius 2 is 1.74 bits per heavy atom. The number of aromatic nitrogens is 1. The first-order valence-electron chi connectivity index (χ1n) is 11.6. The summed E-state index contributed by atoms with van der Waals surface area (Å²) in [7, 11) is 0. The van der Waals surface area contributed by atoms with Crippen molar-refractivity contribution in [3.8, 4) is 11.6 Å². The third-order valence-electron chi connectivity index (χ3n) is 6.81. The third-order valence-corrected chi connectivity index (χ3v) is 6.81. The zero-order valence-corrected chi connectivity index (χ0v) is 23.4. The number of hydrogen-bond donors (Lipinski definition) is 1. The molecular weight excluding hydrogens is 607 g/mol. The van der Waals surface area contributed by atoms with Crippen LogP contribution in [0, 0.1) is 16.9 Å². The van der Waals surface area contributed by atoms with Crippen molar-refractivity contribution >= 4 is 16.8 Å². The van der Waals surface area contributed by atoms with E-state index in [1.807, 2.05) is 71.9 Å². The number of nitrogens with zero attached hydrogens (tertiary/aromatic N) is 1. The van der Waals surface area contributed by atoms with Crippen molar-refractivity contribution < 1.29 is 39.2 Å². The molecule has 1 radical (unpaired) electrons. The van der Waals surface area contributed by atoms with Crippen LogP contribution in [0.4, 0.5) is 0 Å². The molecule has 0 spiro atoms. The van der Waals surface area contributed by atoms with Crippen LogP contribution >= 0.6 is 0 Å². The maximum Gasteiger partial charge on any atom is 0.217 e. The second-order valence-corrected chi connectivity index (χ2v) is 8.74. The summed E-state index contributed by atoms with van der Waals surface area (Å²) >= 11 is 0. The van der Waals surface area contributed by atoms with Crippen molar-refractivity contribution in [2.45, 2.75) is 67.2 Å². The topological polar surface area (TPSA) is 72.6 Å². The zero-order chi connectivity index (χ0) is 24.5. The molecule has 0 saturated heterocycles. The number of para-hydroxylation sites is 1. The van der Waals surface area contributed by atoms with Crippen LogP contribution in [-0.4, -0.2) is 15.9 Å².